The minimum Gasteiger partial charge on any atom is -0.371 e. The molecule has 0 aliphatic carbocycles. The normalized spacial score (nSPS) is 17.8. The standard InChI is InChI=1S/C23H32N4.HI/c1-18-8-7-9-21(14-18)19(2)15-25-23(24-3)26-16-20-12-13-27(17-20)22-10-5-4-6-11-22;/h4-11,14,19-20H,12-13,15-17H2,1-3H3,(H2,24,25,26);1H. The van der Waals surface area contributed by atoms with Crippen LogP contribution in [0.15, 0.2) is 59.6 Å². The van der Waals surface area contributed by atoms with Gasteiger partial charge in [0.1, 0.15) is 0 Å². The summed E-state index contributed by atoms with van der Waals surface area (Å²) in [5, 5.41) is 6.99. The molecule has 1 heterocycles. The number of benzene rings is 2. The third-order valence-corrected chi connectivity index (χ3v) is 5.38. The lowest BCUT2D eigenvalue weighted by Crippen LogP contribution is -2.41. The van der Waals surface area contributed by atoms with Crippen LogP contribution in [0.25, 0.3) is 0 Å². The molecule has 3 rings (SSSR count). The smallest absolute Gasteiger partial charge is 0.191 e. The van der Waals surface area contributed by atoms with Gasteiger partial charge < -0.3 is 15.5 Å². The molecule has 2 aromatic rings. The zero-order chi connectivity index (χ0) is 19.1. The van der Waals surface area contributed by atoms with Crippen LogP contribution in [0.1, 0.15) is 30.4 Å². The third kappa shape index (κ3) is 6.40. The summed E-state index contributed by atoms with van der Waals surface area (Å²) >= 11 is 0. The van der Waals surface area contributed by atoms with Crippen LogP contribution in [0.3, 0.4) is 0 Å². The molecule has 0 spiro atoms. The maximum Gasteiger partial charge on any atom is 0.191 e. The van der Waals surface area contributed by atoms with Crippen LogP contribution in [0.5, 0.6) is 0 Å². The maximum absolute atomic E-state index is 4.39. The number of anilines is 1. The highest BCUT2D eigenvalue weighted by atomic mass is 127. The third-order valence-electron chi connectivity index (χ3n) is 5.38. The number of hydrogen-bond donors (Lipinski definition) is 2. The average molecular weight is 492 g/mol. The number of halogens is 1. The highest BCUT2D eigenvalue weighted by Crippen LogP contribution is 2.23. The second-order valence-electron chi connectivity index (χ2n) is 7.59. The van der Waals surface area contributed by atoms with E-state index in [9.17, 15) is 0 Å². The molecule has 2 unspecified atom stereocenters. The lowest BCUT2D eigenvalue weighted by molar-refractivity contribution is 0.563. The van der Waals surface area contributed by atoms with Crippen LogP contribution >= 0.6 is 24.0 Å². The van der Waals surface area contributed by atoms with Gasteiger partial charge in [-0.2, -0.15) is 0 Å². The fourth-order valence-electron chi connectivity index (χ4n) is 3.68. The van der Waals surface area contributed by atoms with Crippen LogP contribution in [0.4, 0.5) is 5.69 Å². The maximum atomic E-state index is 4.39. The lowest BCUT2D eigenvalue weighted by atomic mass is 9.99. The number of nitrogens with one attached hydrogen (secondary N) is 2. The second-order valence-corrected chi connectivity index (χ2v) is 7.59. The van der Waals surface area contributed by atoms with E-state index in [4.69, 9.17) is 0 Å². The largest absolute Gasteiger partial charge is 0.371 e. The summed E-state index contributed by atoms with van der Waals surface area (Å²) in [5.41, 5.74) is 4.01. The van der Waals surface area contributed by atoms with Crippen molar-refractivity contribution in [2.75, 3.05) is 38.1 Å². The lowest BCUT2D eigenvalue weighted by Gasteiger charge is -2.20. The van der Waals surface area contributed by atoms with Crippen molar-refractivity contribution in [2.45, 2.75) is 26.2 Å². The van der Waals surface area contributed by atoms with E-state index in [1.807, 2.05) is 7.05 Å². The molecular formula is C23H33IN4. The molecule has 1 saturated heterocycles. The fourth-order valence-corrected chi connectivity index (χ4v) is 3.68. The second kappa shape index (κ2) is 11.3. The number of para-hydroxylation sites is 1. The number of hydrogen-bond acceptors (Lipinski definition) is 2. The van der Waals surface area contributed by atoms with Gasteiger partial charge in [0.25, 0.3) is 0 Å². The van der Waals surface area contributed by atoms with Crippen molar-refractivity contribution >= 4 is 35.6 Å². The Kier molecular flexibility index (Phi) is 9.09. The summed E-state index contributed by atoms with van der Waals surface area (Å²) in [4.78, 5) is 6.86. The number of aryl methyl sites for hydroxylation is 1. The summed E-state index contributed by atoms with van der Waals surface area (Å²) in [6, 6.07) is 19.4. The van der Waals surface area contributed by atoms with Crippen molar-refractivity contribution in [3.8, 4) is 0 Å². The molecule has 0 amide bonds. The molecule has 2 N–H and O–H groups in total. The predicted octanol–water partition coefficient (Wildman–Crippen LogP) is 4.41. The van der Waals surface area contributed by atoms with Gasteiger partial charge in [0.05, 0.1) is 0 Å². The average Bonchev–Trinajstić information content (AvgIpc) is 3.17. The van der Waals surface area contributed by atoms with Crippen molar-refractivity contribution in [1.29, 1.82) is 0 Å². The first-order chi connectivity index (χ1) is 13.2. The molecule has 152 valence electrons. The number of aliphatic imine (C=N–C) groups is 1. The SMILES string of the molecule is CN=C(NCC1CCN(c2ccccc2)C1)NCC(C)c1cccc(C)c1.I. The summed E-state index contributed by atoms with van der Waals surface area (Å²) in [5.74, 6) is 1.99. The Morgan fingerprint density at radius 1 is 1.14 bits per heavy atom. The van der Waals surface area contributed by atoms with Gasteiger partial charge in [-0.15, -0.1) is 24.0 Å². The van der Waals surface area contributed by atoms with Gasteiger partial charge in [-0.25, -0.2) is 0 Å². The number of rotatable bonds is 6. The molecule has 0 saturated carbocycles. The van der Waals surface area contributed by atoms with Crippen molar-refractivity contribution in [2.24, 2.45) is 10.9 Å². The van der Waals surface area contributed by atoms with E-state index in [2.05, 4.69) is 89.0 Å². The molecule has 1 aliphatic heterocycles. The Labute approximate surface area is 186 Å². The highest BCUT2D eigenvalue weighted by Gasteiger charge is 2.22. The van der Waals surface area contributed by atoms with Crippen LogP contribution in [0, 0.1) is 12.8 Å². The first-order valence-corrected chi connectivity index (χ1v) is 9.97. The summed E-state index contributed by atoms with van der Waals surface area (Å²) in [7, 11) is 1.84. The minimum atomic E-state index is 0. The topological polar surface area (TPSA) is 39.7 Å². The van der Waals surface area contributed by atoms with Gasteiger partial charge in [-0.3, -0.25) is 4.99 Å². The molecule has 2 aromatic carbocycles. The van der Waals surface area contributed by atoms with E-state index < -0.39 is 0 Å². The first kappa shape index (κ1) is 22.5. The zero-order valence-electron chi connectivity index (χ0n) is 17.2. The monoisotopic (exact) mass is 492 g/mol. The summed E-state index contributed by atoms with van der Waals surface area (Å²) in [6.45, 7) is 8.47. The fraction of sp³-hybridized carbons (Fsp3) is 0.435. The molecule has 5 heteroatoms. The van der Waals surface area contributed by atoms with E-state index in [1.165, 1.54) is 23.2 Å². The Bertz CT molecular complexity index is 747. The minimum absolute atomic E-state index is 0. The van der Waals surface area contributed by atoms with Gasteiger partial charge in [-0.05, 0) is 42.9 Å². The van der Waals surface area contributed by atoms with E-state index in [-0.39, 0.29) is 24.0 Å². The van der Waals surface area contributed by atoms with Crippen LogP contribution in [-0.2, 0) is 0 Å². The van der Waals surface area contributed by atoms with Gasteiger partial charge in [0.2, 0.25) is 0 Å². The predicted molar refractivity (Wildman–Crippen MR) is 131 cm³/mol. The number of nitrogens with zero attached hydrogens (tertiary/aromatic N) is 2. The molecular weight excluding hydrogens is 459 g/mol. The first-order valence-electron chi connectivity index (χ1n) is 9.97. The Morgan fingerprint density at radius 2 is 1.93 bits per heavy atom. The molecule has 1 fully saturated rings. The Morgan fingerprint density at radius 3 is 2.64 bits per heavy atom. The summed E-state index contributed by atoms with van der Waals surface area (Å²) < 4.78 is 0. The highest BCUT2D eigenvalue weighted by molar-refractivity contribution is 14.0. The van der Waals surface area contributed by atoms with Gasteiger partial charge in [0.15, 0.2) is 5.96 Å². The Hall–Kier alpha value is -1.76. The molecule has 28 heavy (non-hydrogen) atoms. The zero-order valence-corrected chi connectivity index (χ0v) is 19.5. The molecule has 1 aliphatic rings. The van der Waals surface area contributed by atoms with Crippen molar-refractivity contribution < 1.29 is 0 Å². The van der Waals surface area contributed by atoms with Crippen molar-refractivity contribution in [3.05, 3.63) is 65.7 Å². The van der Waals surface area contributed by atoms with Gasteiger partial charge in [-0.1, -0.05) is 55.0 Å². The van der Waals surface area contributed by atoms with E-state index in [0.29, 0.717) is 11.8 Å². The Balaban J connectivity index is 0.00000280. The van der Waals surface area contributed by atoms with Gasteiger partial charge >= 0.3 is 0 Å². The molecule has 4 nitrogen and oxygen atoms in total. The molecule has 0 bridgehead atoms. The van der Waals surface area contributed by atoms with E-state index in [0.717, 1.165) is 32.1 Å². The molecule has 2 atom stereocenters. The molecule has 0 aromatic heterocycles. The van der Waals surface area contributed by atoms with Crippen LogP contribution in [0.2, 0.25) is 0 Å². The van der Waals surface area contributed by atoms with E-state index >= 15 is 0 Å². The van der Waals surface area contributed by atoms with Crippen molar-refractivity contribution in [3.63, 3.8) is 0 Å². The van der Waals surface area contributed by atoms with Crippen LogP contribution in [-0.4, -0.2) is 39.2 Å². The summed E-state index contributed by atoms with van der Waals surface area (Å²) in [6.07, 6.45) is 1.22. The number of guanidine groups is 1. The molecule has 0 radical (unpaired) electrons. The van der Waals surface area contributed by atoms with Crippen LogP contribution < -0.4 is 15.5 Å². The van der Waals surface area contributed by atoms with Crippen molar-refractivity contribution in [1.82, 2.24) is 10.6 Å². The van der Waals surface area contributed by atoms with Gasteiger partial charge in [0, 0.05) is 38.9 Å². The van der Waals surface area contributed by atoms with E-state index in [1.54, 1.807) is 0 Å². The quantitative estimate of drug-likeness (QED) is 0.357.